The highest BCUT2D eigenvalue weighted by Gasteiger charge is 2.18. The summed E-state index contributed by atoms with van der Waals surface area (Å²) in [6.45, 7) is 1.81. The number of thioether (sulfide) groups is 1. The van der Waals surface area contributed by atoms with Crippen LogP contribution in [0.1, 0.15) is 24.5 Å². The first kappa shape index (κ1) is 22.2. The summed E-state index contributed by atoms with van der Waals surface area (Å²) in [5.74, 6) is 0.764. The lowest BCUT2D eigenvalue weighted by molar-refractivity contribution is -0.116. The Bertz CT molecular complexity index is 1400. The molecule has 3 aromatic carbocycles. The van der Waals surface area contributed by atoms with Crippen LogP contribution in [0.15, 0.2) is 59.8 Å². The fraction of sp³-hybridized carbons (Fsp3) is 0.231. The fourth-order valence-corrected chi connectivity index (χ4v) is 5.06. The maximum absolute atomic E-state index is 12.7. The third-order valence-corrected chi connectivity index (χ3v) is 7.06. The number of rotatable bonds is 7. The lowest BCUT2D eigenvalue weighted by Gasteiger charge is -2.10. The summed E-state index contributed by atoms with van der Waals surface area (Å²) in [5, 5.41) is 17.5. The first-order valence-electron chi connectivity index (χ1n) is 11.3. The quantitative estimate of drug-likeness (QED) is 0.378. The molecule has 0 atom stereocenters. The van der Waals surface area contributed by atoms with Crippen LogP contribution in [0.4, 0.5) is 11.4 Å². The summed E-state index contributed by atoms with van der Waals surface area (Å²) in [5.41, 5.74) is 5.10. The smallest absolute Gasteiger partial charge is 0.234 e. The zero-order chi connectivity index (χ0) is 23.7. The predicted molar refractivity (Wildman–Crippen MR) is 136 cm³/mol. The molecular weight excluding hydrogens is 446 g/mol. The van der Waals surface area contributed by atoms with E-state index in [1.54, 1.807) is 0 Å². The van der Waals surface area contributed by atoms with E-state index in [9.17, 15) is 9.59 Å². The number of benzene rings is 3. The minimum Gasteiger partial charge on any atom is -0.326 e. The summed E-state index contributed by atoms with van der Waals surface area (Å²) in [4.78, 5) is 24.5. The van der Waals surface area contributed by atoms with Gasteiger partial charge in [0, 0.05) is 35.8 Å². The van der Waals surface area contributed by atoms with Crippen molar-refractivity contribution >= 4 is 45.7 Å². The van der Waals surface area contributed by atoms with Gasteiger partial charge in [0.2, 0.25) is 11.8 Å². The van der Waals surface area contributed by atoms with Crippen LogP contribution < -0.4 is 10.6 Å². The van der Waals surface area contributed by atoms with Crippen molar-refractivity contribution in [2.24, 2.45) is 7.05 Å². The predicted octanol–water partition coefficient (Wildman–Crippen LogP) is 4.81. The van der Waals surface area contributed by atoms with Crippen LogP contribution in [0.5, 0.6) is 0 Å². The fourth-order valence-electron chi connectivity index (χ4n) is 4.35. The van der Waals surface area contributed by atoms with E-state index in [2.05, 4.69) is 45.1 Å². The number of amides is 2. The van der Waals surface area contributed by atoms with E-state index < -0.39 is 0 Å². The average Bonchev–Trinajstić information content (AvgIpc) is 3.44. The minimum absolute atomic E-state index is 0.0439. The second-order valence-electron chi connectivity index (χ2n) is 8.30. The third-order valence-electron chi connectivity index (χ3n) is 6.04. The Morgan fingerprint density at radius 3 is 2.59 bits per heavy atom. The molecule has 5 rings (SSSR count). The molecule has 2 amide bonds. The summed E-state index contributed by atoms with van der Waals surface area (Å²) in [7, 11) is 1.87. The van der Waals surface area contributed by atoms with E-state index in [4.69, 9.17) is 0 Å². The molecule has 1 aliphatic rings. The molecule has 7 nitrogen and oxygen atoms in total. The zero-order valence-corrected chi connectivity index (χ0v) is 19.9. The van der Waals surface area contributed by atoms with Crippen molar-refractivity contribution in [3.63, 3.8) is 0 Å². The second-order valence-corrected chi connectivity index (χ2v) is 9.24. The van der Waals surface area contributed by atoms with Gasteiger partial charge in [0.1, 0.15) is 0 Å². The Labute approximate surface area is 202 Å². The number of hydrogen-bond donors (Lipinski definition) is 2. The molecule has 0 saturated heterocycles. The zero-order valence-electron chi connectivity index (χ0n) is 19.1. The Hall–Kier alpha value is -3.65. The van der Waals surface area contributed by atoms with Crippen molar-refractivity contribution in [2.75, 3.05) is 16.4 Å². The van der Waals surface area contributed by atoms with Gasteiger partial charge < -0.3 is 15.2 Å². The molecule has 0 fully saturated rings. The molecule has 8 heteroatoms. The number of carbonyl (C=O) groups excluding carboxylic acids is 2. The van der Waals surface area contributed by atoms with E-state index in [0.717, 1.165) is 29.5 Å². The Balaban J connectivity index is 1.27. The van der Waals surface area contributed by atoms with Crippen LogP contribution in [0.3, 0.4) is 0 Å². The third kappa shape index (κ3) is 4.28. The standard InChI is InChI=1S/C26H25N5O2S/c1-3-22(32)27-19-8-4-7-18(14-19)25-29-30-26(31(25)2)34-15-23(33)28-21-13-12-17-11-10-16-6-5-9-20(21)24(16)17/h4-9,12-14H,3,10-11,15H2,1-2H3,(H,27,32)(H,28,33). The Kier molecular flexibility index (Phi) is 6.06. The number of nitrogens with one attached hydrogen (secondary N) is 2. The summed E-state index contributed by atoms with van der Waals surface area (Å²) < 4.78 is 1.86. The lowest BCUT2D eigenvalue weighted by Crippen LogP contribution is -2.14. The maximum atomic E-state index is 12.7. The van der Waals surface area contributed by atoms with Crippen LogP contribution in [-0.2, 0) is 29.5 Å². The molecule has 4 aromatic rings. The molecule has 0 unspecified atom stereocenters. The van der Waals surface area contributed by atoms with E-state index >= 15 is 0 Å². The van der Waals surface area contributed by atoms with Crippen molar-refractivity contribution in [1.82, 2.24) is 14.8 Å². The van der Waals surface area contributed by atoms with Gasteiger partial charge in [-0.2, -0.15) is 0 Å². The molecule has 0 saturated carbocycles. The minimum atomic E-state index is -0.0856. The maximum Gasteiger partial charge on any atom is 0.234 e. The van der Waals surface area contributed by atoms with Gasteiger partial charge in [0.25, 0.3) is 0 Å². The number of anilines is 2. The van der Waals surface area contributed by atoms with Crippen LogP contribution >= 0.6 is 11.8 Å². The number of hydrogen-bond acceptors (Lipinski definition) is 5. The molecule has 1 heterocycles. The average molecular weight is 472 g/mol. The normalized spacial score (nSPS) is 12.2. The number of aromatic nitrogens is 3. The second kappa shape index (κ2) is 9.30. The van der Waals surface area contributed by atoms with E-state index in [1.807, 2.05) is 48.9 Å². The number of aryl methyl sites for hydroxylation is 2. The molecule has 2 N–H and O–H groups in total. The Morgan fingerprint density at radius 1 is 0.971 bits per heavy atom. The summed E-state index contributed by atoms with van der Waals surface area (Å²) in [6.07, 6.45) is 2.53. The molecule has 0 bridgehead atoms. The molecule has 34 heavy (non-hydrogen) atoms. The van der Waals surface area contributed by atoms with Crippen molar-refractivity contribution < 1.29 is 9.59 Å². The molecule has 1 aliphatic carbocycles. The van der Waals surface area contributed by atoms with E-state index in [1.165, 1.54) is 28.3 Å². The van der Waals surface area contributed by atoms with Gasteiger partial charge in [-0.15, -0.1) is 10.2 Å². The molecule has 0 radical (unpaired) electrons. The van der Waals surface area contributed by atoms with Gasteiger partial charge in [-0.05, 0) is 47.6 Å². The molecule has 0 spiro atoms. The van der Waals surface area contributed by atoms with Crippen LogP contribution in [-0.4, -0.2) is 32.3 Å². The highest BCUT2D eigenvalue weighted by atomic mass is 32.2. The van der Waals surface area contributed by atoms with E-state index in [-0.39, 0.29) is 17.6 Å². The van der Waals surface area contributed by atoms with Crippen LogP contribution in [0.25, 0.3) is 22.2 Å². The van der Waals surface area contributed by atoms with Crippen LogP contribution in [0.2, 0.25) is 0 Å². The van der Waals surface area contributed by atoms with Crippen molar-refractivity contribution in [3.05, 3.63) is 65.7 Å². The number of carbonyl (C=O) groups is 2. The first-order chi connectivity index (χ1) is 16.5. The lowest BCUT2D eigenvalue weighted by atomic mass is 10.0. The van der Waals surface area contributed by atoms with Gasteiger partial charge in [0.15, 0.2) is 11.0 Å². The van der Waals surface area contributed by atoms with Gasteiger partial charge >= 0.3 is 0 Å². The Morgan fingerprint density at radius 2 is 1.76 bits per heavy atom. The van der Waals surface area contributed by atoms with Gasteiger partial charge in [-0.25, -0.2) is 0 Å². The summed E-state index contributed by atoms with van der Waals surface area (Å²) >= 11 is 1.34. The first-order valence-corrected chi connectivity index (χ1v) is 12.3. The topological polar surface area (TPSA) is 88.9 Å². The van der Waals surface area contributed by atoms with Gasteiger partial charge in [-0.1, -0.05) is 55.1 Å². The molecular formula is C26H25N5O2S. The highest BCUT2D eigenvalue weighted by molar-refractivity contribution is 7.99. The summed E-state index contributed by atoms with van der Waals surface area (Å²) in [6, 6.07) is 17.9. The molecule has 0 aliphatic heterocycles. The van der Waals surface area contributed by atoms with Crippen molar-refractivity contribution in [2.45, 2.75) is 31.3 Å². The van der Waals surface area contributed by atoms with Crippen molar-refractivity contribution in [1.29, 1.82) is 0 Å². The molecule has 172 valence electrons. The SMILES string of the molecule is CCC(=O)Nc1cccc(-c2nnc(SCC(=O)Nc3ccc4c5c(cccc35)CC4)n2C)c1. The molecule has 1 aromatic heterocycles. The largest absolute Gasteiger partial charge is 0.326 e. The van der Waals surface area contributed by atoms with E-state index in [0.29, 0.717) is 23.1 Å². The number of nitrogens with zero attached hydrogens (tertiary/aromatic N) is 3. The van der Waals surface area contributed by atoms with Crippen molar-refractivity contribution in [3.8, 4) is 11.4 Å². The van der Waals surface area contributed by atoms with Gasteiger partial charge in [-0.3, -0.25) is 9.59 Å². The monoisotopic (exact) mass is 471 g/mol. The van der Waals surface area contributed by atoms with Crippen LogP contribution in [0, 0.1) is 0 Å². The van der Waals surface area contributed by atoms with Gasteiger partial charge in [0.05, 0.1) is 5.75 Å². The highest BCUT2D eigenvalue weighted by Crippen LogP contribution is 2.35.